The van der Waals surface area contributed by atoms with E-state index in [4.69, 9.17) is 21.7 Å². The maximum Gasteiger partial charge on any atom is 0.242 e. The third kappa shape index (κ3) is 4.44. The van der Waals surface area contributed by atoms with Crippen LogP contribution < -0.4 is 9.47 Å². The Kier molecular flexibility index (Phi) is 6.92. The van der Waals surface area contributed by atoms with Crippen molar-refractivity contribution in [3.8, 4) is 38.6 Å². The van der Waals surface area contributed by atoms with Crippen molar-refractivity contribution in [2.24, 2.45) is 0 Å². The van der Waals surface area contributed by atoms with Gasteiger partial charge in [0.1, 0.15) is 17.3 Å². The molecule has 0 spiro atoms. The number of pyridine rings is 1. The van der Waals surface area contributed by atoms with Gasteiger partial charge in [0.2, 0.25) is 5.91 Å². The van der Waals surface area contributed by atoms with Gasteiger partial charge in [0, 0.05) is 23.5 Å². The molecule has 0 radical (unpaired) electrons. The van der Waals surface area contributed by atoms with Crippen molar-refractivity contribution in [2.45, 2.75) is 19.5 Å². The largest absolute Gasteiger partial charge is 0.493 e. The summed E-state index contributed by atoms with van der Waals surface area (Å²) < 4.78 is 13.1. The molecule has 0 bridgehead atoms. The molecule has 1 amide bonds. The highest BCUT2D eigenvalue weighted by molar-refractivity contribution is 7.71. The molecule has 182 valence electrons. The van der Waals surface area contributed by atoms with Crippen LogP contribution >= 0.6 is 34.9 Å². The second-order valence-electron chi connectivity index (χ2n) is 8.32. The van der Waals surface area contributed by atoms with Crippen LogP contribution in [0.15, 0.2) is 53.2 Å². The Balaban J connectivity index is 1.51. The summed E-state index contributed by atoms with van der Waals surface area (Å²) in [5, 5.41) is 14.0. The number of amides is 1. The van der Waals surface area contributed by atoms with Gasteiger partial charge in [-0.1, -0.05) is 24.4 Å². The SMILES string of the molecule is COc1cc2c(cc1OC)CN(C(=O)Cn1c(-c3cccs3)cc(-c3cccs3)c(C#N)c1=S)CC2. The minimum Gasteiger partial charge on any atom is -0.493 e. The Morgan fingerprint density at radius 1 is 1.06 bits per heavy atom. The van der Waals surface area contributed by atoms with Crippen LogP contribution in [-0.4, -0.2) is 36.1 Å². The van der Waals surface area contributed by atoms with Crippen molar-refractivity contribution < 1.29 is 14.3 Å². The summed E-state index contributed by atoms with van der Waals surface area (Å²) in [6.07, 6.45) is 0.728. The molecule has 0 N–H and O–H groups in total. The molecule has 4 heterocycles. The molecular weight excluding hydrogens is 511 g/mol. The van der Waals surface area contributed by atoms with E-state index in [1.807, 2.05) is 62.7 Å². The summed E-state index contributed by atoms with van der Waals surface area (Å²) in [5.41, 5.74) is 4.26. The van der Waals surface area contributed by atoms with Crippen LogP contribution in [0.25, 0.3) is 21.0 Å². The first-order chi connectivity index (χ1) is 17.5. The van der Waals surface area contributed by atoms with Gasteiger partial charge in [-0.05, 0) is 58.6 Å². The molecular formula is C27H23N3O3S3. The molecule has 0 fully saturated rings. The van der Waals surface area contributed by atoms with E-state index in [0.29, 0.717) is 34.8 Å². The lowest BCUT2D eigenvalue weighted by Crippen LogP contribution is -2.38. The van der Waals surface area contributed by atoms with Gasteiger partial charge in [0.25, 0.3) is 0 Å². The van der Waals surface area contributed by atoms with Crippen molar-refractivity contribution in [1.82, 2.24) is 9.47 Å². The zero-order chi connectivity index (χ0) is 25.2. The van der Waals surface area contributed by atoms with Crippen LogP contribution in [0, 0.1) is 16.0 Å². The average molecular weight is 534 g/mol. The number of methoxy groups -OCH3 is 2. The second kappa shape index (κ2) is 10.3. The van der Waals surface area contributed by atoms with Crippen LogP contribution in [-0.2, 0) is 24.3 Å². The highest BCUT2D eigenvalue weighted by Crippen LogP contribution is 2.36. The fourth-order valence-electron chi connectivity index (χ4n) is 4.50. The third-order valence-corrected chi connectivity index (χ3v) is 8.56. The molecule has 3 aromatic heterocycles. The van der Waals surface area contributed by atoms with Crippen molar-refractivity contribution >= 4 is 40.8 Å². The number of carbonyl (C=O) groups is 1. The molecule has 0 atom stereocenters. The summed E-state index contributed by atoms with van der Waals surface area (Å²) in [6.45, 7) is 1.14. The Bertz CT molecular complexity index is 1520. The Morgan fingerprint density at radius 2 is 1.72 bits per heavy atom. The smallest absolute Gasteiger partial charge is 0.242 e. The summed E-state index contributed by atoms with van der Waals surface area (Å²) >= 11 is 8.95. The third-order valence-electron chi connectivity index (χ3n) is 6.34. The highest BCUT2D eigenvalue weighted by atomic mass is 32.1. The van der Waals surface area contributed by atoms with Crippen LogP contribution in [0.5, 0.6) is 11.5 Å². The van der Waals surface area contributed by atoms with Crippen molar-refractivity contribution in [1.29, 1.82) is 5.26 Å². The molecule has 0 aliphatic carbocycles. The summed E-state index contributed by atoms with van der Waals surface area (Å²) in [4.78, 5) is 17.4. The zero-order valence-corrected chi connectivity index (χ0v) is 22.3. The summed E-state index contributed by atoms with van der Waals surface area (Å²) in [7, 11) is 3.23. The first kappa shape index (κ1) is 24.3. The molecule has 4 aromatic rings. The lowest BCUT2D eigenvalue weighted by Gasteiger charge is -2.30. The van der Waals surface area contributed by atoms with Gasteiger partial charge in [-0.2, -0.15) is 5.26 Å². The number of nitrogens with zero attached hydrogens (tertiary/aromatic N) is 3. The lowest BCUT2D eigenvalue weighted by atomic mass is 9.98. The molecule has 1 aliphatic heterocycles. The molecule has 36 heavy (non-hydrogen) atoms. The number of aromatic nitrogens is 1. The van der Waals surface area contributed by atoms with E-state index in [9.17, 15) is 10.1 Å². The number of fused-ring (bicyclic) bond motifs is 1. The van der Waals surface area contributed by atoms with Gasteiger partial charge in [-0.15, -0.1) is 22.7 Å². The Hall–Kier alpha value is -3.45. The van der Waals surface area contributed by atoms with E-state index in [1.54, 1.807) is 36.9 Å². The molecule has 0 unspecified atom stereocenters. The maximum absolute atomic E-state index is 13.6. The van der Waals surface area contributed by atoms with Gasteiger partial charge in [0.05, 0.1) is 30.4 Å². The number of carbonyl (C=O) groups excluding carboxylic acids is 1. The predicted molar refractivity (Wildman–Crippen MR) is 145 cm³/mol. The number of thiophene rings is 2. The van der Waals surface area contributed by atoms with Crippen LogP contribution in [0.4, 0.5) is 0 Å². The monoisotopic (exact) mass is 533 g/mol. The Labute approximate surface area is 222 Å². The van der Waals surface area contributed by atoms with Gasteiger partial charge in [-0.25, -0.2) is 0 Å². The average Bonchev–Trinajstić information content (AvgIpc) is 3.63. The molecule has 1 aliphatic rings. The van der Waals surface area contributed by atoms with Crippen molar-refractivity contribution in [2.75, 3.05) is 20.8 Å². The van der Waals surface area contributed by atoms with E-state index in [1.165, 1.54) is 0 Å². The number of nitriles is 1. The van der Waals surface area contributed by atoms with Crippen molar-refractivity contribution in [3.05, 3.63) is 74.6 Å². The molecule has 5 rings (SSSR count). The molecule has 0 saturated carbocycles. The first-order valence-electron chi connectivity index (χ1n) is 11.3. The number of hydrogen-bond donors (Lipinski definition) is 0. The lowest BCUT2D eigenvalue weighted by molar-refractivity contribution is -0.132. The number of ether oxygens (including phenoxy) is 2. The van der Waals surface area contributed by atoms with Crippen LogP contribution in [0.3, 0.4) is 0 Å². The summed E-state index contributed by atoms with van der Waals surface area (Å²) in [6, 6.07) is 16.1. The highest BCUT2D eigenvalue weighted by Gasteiger charge is 2.25. The normalized spacial score (nSPS) is 12.6. The minimum absolute atomic E-state index is 0.0443. The quantitative estimate of drug-likeness (QED) is 0.278. The minimum atomic E-state index is -0.0443. The number of hydrogen-bond acceptors (Lipinski definition) is 7. The second-order valence-corrected chi connectivity index (χ2v) is 10.6. The van der Waals surface area contributed by atoms with Gasteiger partial charge in [-0.3, -0.25) is 4.79 Å². The van der Waals surface area contributed by atoms with Crippen molar-refractivity contribution in [3.63, 3.8) is 0 Å². The van der Waals surface area contributed by atoms with Gasteiger partial charge in [0.15, 0.2) is 11.5 Å². The van der Waals surface area contributed by atoms with Gasteiger partial charge < -0.3 is 18.9 Å². The van der Waals surface area contributed by atoms with Crippen LogP contribution in [0.1, 0.15) is 16.7 Å². The maximum atomic E-state index is 13.6. The summed E-state index contributed by atoms with van der Waals surface area (Å²) in [5.74, 6) is 1.30. The van der Waals surface area contributed by atoms with E-state index >= 15 is 0 Å². The number of rotatable bonds is 6. The van der Waals surface area contributed by atoms with Crippen LogP contribution in [0.2, 0.25) is 0 Å². The first-order valence-corrected chi connectivity index (χ1v) is 13.5. The molecule has 6 nitrogen and oxygen atoms in total. The zero-order valence-electron chi connectivity index (χ0n) is 19.8. The standard InChI is InChI=1S/C27H23N3O3S3/c1-32-22-11-17-7-8-29(15-18(17)12-23(22)33-2)26(31)16-30-21(25-6-4-10-36-25)13-19(20(14-28)27(30)34)24-5-3-9-35-24/h3-6,9-13H,7-8,15-16H2,1-2H3. The topological polar surface area (TPSA) is 67.5 Å². The predicted octanol–water partition coefficient (Wildman–Crippen LogP) is 6.15. The van der Waals surface area contributed by atoms with E-state index < -0.39 is 0 Å². The van der Waals surface area contributed by atoms with E-state index in [2.05, 4.69) is 6.07 Å². The fraction of sp³-hybridized carbons (Fsp3) is 0.222. The molecule has 1 aromatic carbocycles. The fourth-order valence-corrected chi connectivity index (χ4v) is 6.32. The van der Waals surface area contributed by atoms with E-state index in [0.717, 1.165) is 38.6 Å². The molecule has 9 heteroatoms. The van der Waals surface area contributed by atoms with Gasteiger partial charge >= 0.3 is 0 Å². The Morgan fingerprint density at radius 3 is 2.33 bits per heavy atom. The number of benzene rings is 1. The van der Waals surface area contributed by atoms with E-state index in [-0.39, 0.29) is 12.5 Å². The molecule has 0 saturated heterocycles.